The van der Waals surface area contributed by atoms with Crippen molar-refractivity contribution in [3.63, 3.8) is 0 Å². The average molecular weight is 355 g/mol. The van der Waals surface area contributed by atoms with E-state index in [1.54, 1.807) is 13.3 Å². The molecule has 0 unspecified atom stereocenters. The summed E-state index contributed by atoms with van der Waals surface area (Å²) in [5.41, 5.74) is 0.968. The van der Waals surface area contributed by atoms with Crippen LogP contribution in [-0.4, -0.2) is 13.3 Å². The first-order valence-corrected chi connectivity index (χ1v) is 5.32. The lowest BCUT2D eigenvalue weighted by molar-refractivity contribution is 0.412. The standard InChI is InChI=1S/C8H8BrIN2O/c1-13-8-3-7(10)5(4-12-11)2-6(8)9/h2-4H,11H2,1H3. The number of ether oxygens (including phenoxy) is 1. The predicted octanol–water partition coefficient (Wildman–Crippen LogP) is 2.35. The number of hydrogen-bond donors (Lipinski definition) is 1. The van der Waals surface area contributed by atoms with Gasteiger partial charge in [0.25, 0.3) is 0 Å². The molecule has 0 aliphatic heterocycles. The van der Waals surface area contributed by atoms with E-state index < -0.39 is 0 Å². The maximum atomic E-state index is 5.13. The molecule has 5 heteroatoms. The number of benzene rings is 1. The van der Waals surface area contributed by atoms with Gasteiger partial charge in [0.2, 0.25) is 0 Å². The van der Waals surface area contributed by atoms with Crippen LogP contribution in [0.15, 0.2) is 21.7 Å². The van der Waals surface area contributed by atoms with E-state index in [-0.39, 0.29) is 0 Å². The van der Waals surface area contributed by atoms with Crippen LogP contribution in [0.5, 0.6) is 5.75 Å². The molecule has 0 atom stereocenters. The van der Waals surface area contributed by atoms with E-state index in [4.69, 9.17) is 10.6 Å². The van der Waals surface area contributed by atoms with Gasteiger partial charge < -0.3 is 10.6 Å². The second-order valence-electron chi connectivity index (χ2n) is 2.29. The molecule has 1 aromatic carbocycles. The monoisotopic (exact) mass is 354 g/mol. The highest BCUT2D eigenvalue weighted by molar-refractivity contribution is 14.1. The highest BCUT2D eigenvalue weighted by Crippen LogP contribution is 2.28. The largest absolute Gasteiger partial charge is 0.496 e. The molecule has 13 heavy (non-hydrogen) atoms. The van der Waals surface area contributed by atoms with Gasteiger partial charge in [-0.15, -0.1) is 0 Å². The van der Waals surface area contributed by atoms with Crippen molar-refractivity contribution in [2.75, 3.05) is 7.11 Å². The Kier molecular flexibility index (Phi) is 3.98. The maximum Gasteiger partial charge on any atom is 0.134 e. The molecule has 0 amide bonds. The van der Waals surface area contributed by atoms with Crippen molar-refractivity contribution in [1.29, 1.82) is 0 Å². The quantitative estimate of drug-likeness (QED) is 0.383. The number of nitrogens with zero attached hydrogens (tertiary/aromatic N) is 1. The minimum atomic E-state index is 0.804. The van der Waals surface area contributed by atoms with Crippen LogP contribution in [0.3, 0.4) is 0 Å². The fourth-order valence-corrected chi connectivity index (χ4v) is 1.98. The fourth-order valence-electron chi connectivity index (χ4n) is 0.880. The Hall–Kier alpha value is -0.300. The molecular weight excluding hydrogens is 347 g/mol. The molecule has 0 fully saturated rings. The van der Waals surface area contributed by atoms with Crippen molar-refractivity contribution in [2.24, 2.45) is 10.9 Å². The molecule has 0 bridgehead atoms. The molecule has 1 aromatic rings. The van der Waals surface area contributed by atoms with Crippen molar-refractivity contribution in [1.82, 2.24) is 0 Å². The van der Waals surface area contributed by atoms with Gasteiger partial charge in [-0.05, 0) is 50.7 Å². The molecular formula is C8H8BrIN2O. The van der Waals surface area contributed by atoms with Gasteiger partial charge in [0, 0.05) is 9.13 Å². The predicted molar refractivity (Wildman–Crippen MR) is 65.2 cm³/mol. The Morgan fingerprint density at radius 1 is 1.62 bits per heavy atom. The lowest BCUT2D eigenvalue weighted by atomic mass is 10.2. The normalized spacial score (nSPS) is 10.7. The highest BCUT2D eigenvalue weighted by atomic mass is 127. The van der Waals surface area contributed by atoms with Crippen LogP contribution in [0.25, 0.3) is 0 Å². The summed E-state index contributed by atoms with van der Waals surface area (Å²) >= 11 is 5.58. The van der Waals surface area contributed by atoms with Crippen molar-refractivity contribution in [3.05, 3.63) is 25.7 Å². The molecule has 0 heterocycles. The van der Waals surface area contributed by atoms with Crippen LogP contribution in [0.1, 0.15) is 5.56 Å². The summed E-state index contributed by atoms with van der Waals surface area (Å²) in [4.78, 5) is 0. The number of halogens is 2. The zero-order valence-electron chi connectivity index (χ0n) is 6.92. The minimum Gasteiger partial charge on any atom is -0.496 e. The molecule has 0 radical (unpaired) electrons. The molecule has 0 aliphatic carbocycles. The van der Waals surface area contributed by atoms with Gasteiger partial charge in [0.1, 0.15) is 5.75 Å². The summed E-state index contributed by atoms with van der Waals surface area (Å²) in [5.74, 6) is 5.87. The van der Waals surface area contributed by atoms with Crippen LogP contribution < -0.4 is 10.6 Å². The number of rotatable bonds is 2. The molecule has 70 valence electrons. The van der Waals surface area contributed by atoms with E-state index in [9.17, 15) is 0 Å². The van der Waals surface area contributed by atoms with E-state index in [1.165, 1.54) is 0 Å². The zero-order valence-corrected chi connectivity index (χ0v) is 10.7. The Morgan fingerprint density at radius 3 is 2.85 bits per heavy atom. The lowest BCUT2D eigenvalue weighted by Crippen LogP contribution is -1.93. The van der Waals surface area contributed by atoms with E-state index >= 15 is 0 Å². The molecule has 1 rings (SSSR count). The second-order valence-corrected chi connectivity index (χ2v) is 4.30. The first-order valence-electron chi connectivity index (χ1n) is 3.45. The summed E-state index contributed by atoms with van der Waals surface area (Å²) in [6.45, 7) is 0. The number of methoxy groups -OCH3 is 1. The summed E-state index contributed by atoms with van der Waals surface area (Å²) < 4.78 is 7.07. The molecule has 0 saturated carbocycles. The Bertz CT molecular complexity index is 341. The summed E-state index contributed by atoms with van der Waals surface area (Å²) in [6, 6.07) is 3.83. The Morgan fingerprint density at radius 2 is 2.31 bits per heavy atom. The van der Waals surface area contributed by atoms with Crippen molar-refractivity contribution >= 4 is 44.7 Å². The summed E-state index contributed by atoms with van der Waals surface area (Å²) in [6.07, 6.45) is 1.60. The molecule has 0 saturated heterocycles. The van der Waals surface area contributed by atoms with Crippen molar-refractivity contribution < 1.29 is 4.74 Å². The van der Waals surface area contributed by atoms with Crippen LogP contribution in [0.2, 0.25) is 0 Å². The topological polar surface area (TPSA) is 47.6 Å². The van der Waals surface area contributed by atoms with Crippen LogP contribution in [-0.2, 0) is 0 Å². The second kappa shape index (κ2) is 4.80. The molecule has 0 aromatic heterocycles. The third-order valence-electron chi connectivity index (χ3n) is 1.48. The fraction of sp³-hybridized carbons (Fsp3) is 0.125. The molecule has 0 spiro atoms. The van der Waals surface area contributed by atoms with Gasteiger partial charge in [-0.2, -0.15) is 5.10 Å². The van der Waals surface area contributed by atoms with Gasteiger partial charge in [-0.3, -0.25) is 0 Å². The Labute approximate surface area is 98.6 Å². The number of hydrazone groups is 1. The van der Waals surface area contributed by atoms with E-state index in [1.807, 2.05) is 12.1 Å². The van der Waals surface area contributed by atoms with E-state index in [0.29, 0.717) is 0 Å². The van der Waals surface area contributed by atoms with Crippen molar-refractivity contribution in [3.8, 4) is 5.75 Å². The zero-order chi connectivity index (χ0) is 9.84. The van der Waals surface area contributed by atoms with Crippen LogP contribution in [0, 0.1) is 3.57 Å². The molecule has 3 nitrogen and oxygen atoms in total. The van der Waals surface area contributed by atoms with Gasteiger partial charge >= 0.3 is 0 Å². The van der Waals surface area contributed by atoms with E-state index in [2.05, 4.69) is 43.6 Å². The van der Waals surface area contributed by atoms with Gasteiger partial charge in [-0.1, -0.05) is 0 Å². The highest BCUT2D eigenvalue weighted by Gasteiger charge is 2.04. The van der Waals surface area contributed by atoms with Gasteiger partial charge in [0.15, 0.2) is 0 Å². The lowest BCUT2D eigenvalue weighted by Gasteiger charge is -2.05. The summed E-state index contributed by atoms with van der Waals surface area (Å²) in [7, 11) is 1.63. The molecule has 2 N–H and O–H groups in total. The molecule has 0 aliphatic rings. The minimum absolute atomic E-state index is 0.804. The average Bonchev–Trinajstić information content (AvgIpc) is 2.11. The third-order valence-corrected chi connectivity index (χ3v) is 3.04. The first-order chi connectivity index (χ1) is 6.19. The van der Waals surface area contributed by atoms with Crippen LogP contribution >= 0.6 is 38.5 Å². The number of nitrogens with two attached hydrogens (primary N) is 1. The SMILES string of the molecule is COc1cc(I)c(C=NN)cc1Br. The van der Waals surface area contributed by atoms with Gasteiger partial charge in [0.05, 0.1) is 17.8 Å². The summed E-state index contributed by atoms with van der Waals surface area (Å²) in [5, 5.41) is 3.47. The smallest absolute Gasteiger partial charge is 0.134 e. The first kappa shape index (κ1) is 10.8. The van der Waals surface area contributed by atoms with E-state index in [0.717, 1.165) is 19.4 Å². The maximum absolute atomic E-state index is 5.13. The third kappa shape index (κ3) is 2.57. The number of hydrogen-bond acceptors (Lipinski definition) is 3. The van der Waals surface area contributed by atoms with Crippen LogP contribution in [0.4, 0.5) is 0 Å². The van der Waals surface area contributed by atoms with Gasteiger partial charge in [-0.25, -0.2) is 0 Å². The Balaban J connectivity index is 3.20. The van der Waals surface area contributed by atoms with Crippen molar-refractivity contribution in [2.45, 2.75) is 0 Å².